The highest BCUT2D eigenvalue weighted by atomic mass is 19.4. The van der Waals surface area contributed by atoms with Gasteiger partial charge in [-0.05, 0) is 81.9 Å². The molecule has 0 spiro atoms. The third-order valence-electron chi connectivity index (χ3n) is 6.20. The lowest BCUT2D eigenvalue weighted by Crippen LogP contribution is -2.06. The molecule has 0 aliphatic heterocycles. The summed E-state index contributed by atoms with van der Waals surface area (Å²) >= 11 is 0. The van der Waals surface area contributed by atoms with Gasteiger partial charge in [0, 0.05) is 10.8 Å². The Hall–Kier alpha value is -3.94. The van der Waals surface area contributed by atoms with Crippen molar-refractivity contribution < 1.29 is 35.8 Å². The van der Waals surface area contributed by atoms with Gasteiger partial charge < -0.3 is 9.47 Å². The van der Waals surface area contributed by atoms with Crippen LogP contribution in [-0.2, 0) is 12.4 Å². The molecule has 0 amide bonds. The average molecular weight is 500 g/mol. The van der Waals surface area contributed by atoms with Crippen molar-refractivity contribution in [1.82, 2.24) is 0 Å². The van der Waals surface area contributed by atoms with Crippen LogP contribution in [0.5, 0.6) is 11.5 Å². The highest BCUT2D eigenvalue weighted by molar-refractivity contribution is 6.19. The number of benzene rings is 4. The summed E-state index contributed by atoms with van der Waals surface area (Å²) in [5.74, 6) is 1.14. The fraction of sp³-hybridized carbons (Fsp3) is 0.143. The molecule has 4 aromatic rings. The van der Waals surface area contributed by atoms with Gasteiger partial charge in [0.2, 0.25) is 0 Å². The van der Waals surface area contributed by atoms with Crippen molar-refractivity contribution in [3.8, 4) is 11.5 Å². The van der Waals surface area contributed by atoms with E-state index in [1.165, 1.54) is 38.5 Å². The number of hydrogen-bond acceptors (Lipinski definition) is 2. The van der Waals surface area contributed by atoms with Crippen LogP contribution in [0.1, 0.15) is 33.4 Å². The third kappa shape index (κ3) is 4.06. The summed E-state index contributed by atoms with van der Waals surface area (Å²) in [5.41, 5.74) is 0.866. The van der Waals surface area contributed by atoms with E-state index >= 15 is 0 Å². The Labute approximate surface area is 202 Å². The van der Waals surface area contributed by atoms with Gasteiger partial charge >= 0.3 is 12.4 Å². The van der Waals surface area contributed by atoms with Gasteiger partial charge in [-0.3, -0.25) is 0 Å². The summed E-state index contributed by atoms with van der Waals surface area (Å²) in [5, 5.41) is 1.44. The van der Waals surface area contributed by atoms with Crippen LogP contribution in [0.15, 0.2) is 72.8 Å². The predicted molar refractivity (Wildman–Crippen MR) is 125 cm³/mol. The van der Waals surface area contributed by atoms with Gasteiger partial charge in [-0.15, -0.1) is 0 Å². The van der Waals surface area contributed by atoms with Crippen LogP contribution in [0.2, 0.25) is 0 Å². The molecule has 5 rings (SSSR count). The quantitative estimate of drug-likeness (QED) is 0.232. The summed E-state index contributed by atoms with van der Waals surface area (Å²) in [6, 6.07) is 16.3. The zero-order chi connectivity index (χ0) is 25.8. The Morgan fingerprint density at radius 3 is 1.36 bits per heavy atom. The first-order valence-electron chi connectivity index (χ1n) is 10.8. The van der Waals surface area contributed by atoms with Crippen molar-refractivity contribution >= 4 is 21.9 Å². The second kappa shape index (κ2) is 8.33. The minimum absolute atomic E-state index is 0.165. The van der Waals surface area contributed by atoms with Gasteiger partial charge in [-0.2, -0.15) is 26.3 Å². The van der Waals surface area contributed by atoms with E-state index in [-0.39, 0.29) is 16.7 Å². The largest absolute Gasteiger partial charge is 0.496 e. The highest BCUT2D eigenvalue weighted by Gasteiger charge is 2.36. The molecule has 0 fully saturated rings. The summed E-state index contributed by atoms with van der Waals surface area (Å²) in [6.07, 6.45) is -9.21. The van der Waals surface area contributed by atoms with E-state index in [1.807, 2.05) is 12.1 Å². The number of ether oxygens (including phenoxy) is 2. The number of methoxy groups -OCH3 is 2. The monoisotopic (exact) mass is 500 g/mol. The minimum atomic E-state index is -4.61. The molecule has 0 atom stereocenters. The molecule has 0 heterocycles. The molecule has 2 nitrogen and oxygen atoms in total. The molecular weight excluding hydrogens is 482 g/mol. The Kier molecular flexibility index (Phi) is 5.50. The van der Waals surface area contributed by atoms with Crippen molar-refractivity contribution in [1.29, 1.82) is 0 Å². The van der Waals surface area contributed by atoms with Crippen LogP contribution in [0.3, 0.4) is 0 Å². The third-order valence-corrected chi connectivity index (χ3v) is 6.20. The van der Waals surface area contributed by atoms with E-state index in [1.54, 1.807) is 12.1 Å². The Balaban J connectivity index is 1.79. The fourth-order valence-electron chi connectivity index (χ4n) is 4.48. The molecule has 0 N–H and O–H groups in total. The smallest absolute Gasteiger partial charge is 0.416 e. The Morgan fingerprint density at radius 1 is 0.583 bits per heavy atom. The van der Waals surface area contributed by atoms with Gasteiger partial charge in [0.1, 0.15) is 11.5 Å². The molecule has 4 aromatic carbocycles. The number of fused-ring (bicyclic) bond motifs is 2. The molecule has 0 saturated carbocycles. The molecule has 8 heteroatoms. The van der Waals surface area contributed by atoms with Crippen molar-refractivity contribution in [3.05, 3.63) is 106 Å². The molecule has 36 heavy (non-hydrogen) atoms. The van der Waals surface area contributed by atoms with E-state index in [2.05, 4.69) is 0 Å². The maximum atomic E-state index is 13.5. The lowest BCUT2D eigenvalue weighted by Gasteiger charge is -2.14. The van der Waals surface area contributed by atoms with E-state index in [0.29, 0.717) is 17.1 Å². The predicted octanol–water partition coefficient (Wildman–Crippen LogP) is 8.22. The normalized spacial score (nSPS) is 12.9. The van der Waals surface area contributed by atoms with E-state index in [4.69, 9.17) is 9.47 Å². The van der Waals surface area contributed by atoms with Crippen molar-refractivity contribution in [2.75, 3.05) is 14.2 Å². The second-order valence-corrected chi connectivity index (χ2v) is 8.32. The van der Waals surface area contributed by atoms with Crippen LogP contribution < -0.4 is 9.47 Å². The lowest BCUT2D eigenvalue weighted by atomic mass is 9.93. The molecule has 0 saturated heterocycles. The standard InChI is InChI=1S/C28H18F6O2/c1-35-23-9-10-24(36-2)20-14-22-21(13-19(20)23)26(22)25(15-5-3-7-17(11-15)27(29,30)31)16-6-4-8-18(12-16)28(32,33)34/h3-14H,1-2H3. The van der Waals surface area contributed by atoms with Gasteiger partial charge in [-0.1, -0.05) is 24.3 Å². The molecule has 0 bridgehead atoms. The van der Waals surface area contributed by atoms with Crippen molar-refractivity contribution in [3.63, 3.8) is 0 Å². The molecule has 1 aliphatic carbocycles. The molecule has 0 aromatic heterocycles. The topological polar surface area (TPSA) is 18.5 Å². The molecular formula is C28H18F6O2. The first-order chi connectivity index (χ1) is 17.0. The summed E-state index contributed by atoms with van der Waals surface area (Å²) in [6.45, 7) is 0. The lowest BCUT2D eigenvalue weighted by molar-refractivity contribution is -0.138. The van der Waals surface area contributed by atoms with E-state index in [0.717, 1.165) is 46.2 Å². The van der Waals surface area contributed by atoms with Crippen molar-refractivity contribution in [2.24, 2.45) is 0 Å². The van der Waals surface area contributed by atoms with Crippen LogP contribution in [-0.4, -0.2) is 14.2 Å². The summed E-state index contributed by atoms with van der Waals surface area (Å²) < 4.78 is 91.9. The maximum Gasteiger partial charge on any atom is 0.416 e. The molecule has 1 aliphatic rings. The second-order valence-electron chi connectivity index (χ2n) is 8.32. The van der Waals surface area contributed by atoms with E-state index in [9.17, 15) is 26.3 Å². The molecule has 184 valence electrons. The Bertz CT molecular complexity index is 1420. The van der Waals surface area contributed by atoms with Crippen LogP contribution >= 0.6 is 0 Å². The fourth-order valence-corrected chi connectivity index (χ4v) is 4.48. The SMILES string of the molecule is COc1ccc(OC)c2cc3c(cc12)C3=C(c1cccc(C(F)(F)F)c1)c1cccc(C(F)(F)F)c1. The number of hydrogen-bond donors (Lipinski definition) is 0. The van der Waals surface area contributed by atoms with Crippen molar-refractivity contribution in [2.45, 2.75) is 12.4 Å². The number of alkyl halides is 6. The van der Waals surface area contributed by atoms with Gasteiger partial charge in [0.15, 0.2) is 0 Å². The maximum absolute atomic E-state index is 13.5. The zero-order valence-corrected chi connectivity index (χ0v) is 19.0. The first-order valence-corrected chi connectivity index (χ1v) is 10.8. The first kappa shape index (κ1) is 23.8. The van der Waals surface area contributed by atoms with Gasteiger partial charge in [0.05, 0.1) is 25.3 Å². The molecule has 0 radical (unpaired) electrons. The van der Waals surface area contributed by atoms with Crippen LogP contribution in [0, 0.1) is 0 Å². The van der Waals surface area contributed by atoms with Crippen LogP contribution in [0.4, 0.5) is 26.3 Å². The summed E-state index contributed by atoms with van der Waals surface area (Å²) in [4.78, 5) is 0. The zero-order valence-electron chi connectivity index (χ0n) is 19.0. The Morgan fingerprint density at radius 2 is 1.00 bits per heavy atom. The van der Waals surface area contributed by atoms with Gasteiger partial charge in [0.25, 0.3) is 0 Å². The molecule has 0 unspecified atom stereocenters. The number of rotatable bonds is 4. The average Bonchev–Trinajstić information content (AvgIpc) is 3.53. The number of halogens is 6. The van der Waals surface area contributed by atoms with Gasteiger partial charge in [-0.25, -0.2) is 0 Å². The van der Waals surface area contributed by atoms with E-state index < -0.39 is 23.5 Å². The van der Waals surface area contributed by atoms with Crippen LogP contribution in [0.25, 0.3) is 21.9 Å². The minimum Gasteiger partial charge on any atom is -0.496 e. The summed E-state index contributed by atoms with van der Waals surface area (Å²) in [7, 11) is 3.03. The highest BCUT2D eigenvalue weighted by Crippen LogP contribution is 2.53.